The van der Waals surface area contributed by atoms with Crippen LogP contribution in [-0.2, 0) is 20.9 Å². The summed E-state index contributed by atoms with van der Waals surface area (Å²) in [5.41, 5.74) is 3.31. The van der Waals surface area contributed by atoms with E-state index >= 15 is 0 Å². The van der Waals surface area contributed by atoms with Crippen LogP contribution in [0, 0.1) is 6.92 Å². The van der Waals surface area contributed by atoms with Crippen LogP contribution in [0.3, 0.4) is 0 Å². The van der Waals surface area contributed by atoms with Crippen LogP contribution in [0.2, 0.25) is 0 Å². The summed E-state index contributed by atoms with van der Waals surface area (Å²) < 4.78 is 5.73. The molecule has 33 heavy (non-hydrogen) atoms. The molecule has 2 aromatic carbocycles. The summed E-state index contributed by atoms with van der Waals surface area (Å²) in [5.74, 6) is -0.335. The van der Waals surface area contributed by atoms with E-state index in [-0.39, 0.29) is 24.4 Å². The molecule has 0 spiro atoms. The molecule has 0 saturated carbocycles. The molecule has 0 bridgehead atoms. The Labute approximate surface area is 195 Å². The number of hydrogen-bond donors (Lipinski definition) is 2. The molecule has 3 amide bonds. The molecular formula is C26H33N3O4. The summed E-state index contributed by atoms with van der Waals surface area (Å²) in [6, 6.07) is 14.1. The molecule has 176 valence electrons. The minimum atomic E-state index is -0.825. The first-order valence-electron chi connectivity index (χ1n) is 11.5. The van der Waals surface area contributed by atoms with Crippen molar-refractivity contribution in [3.63, 3.8) is 0 Å². The summed E-state index contributed by atoms with van der Waals surface area (Å²) in [6.07, 6.45) is 0.625. The van der Waals surface area contributed by atoms with Gasteiger partial charge in [-0.15, -0.1) is 0 Å². The Kier molecular flexibility index (Phi) is 8.09. The van der Waals surface area contributed by atoms with Gasteiger partial charge in [-0.2, -0.15) is 0 Å². The summed E-state index contributed by atoms with van der Waals surface area (Å²) >= 11 is 0. The van der Waals surface area contributed by atoms with Crippen molar-refractivity contribution in [2.24, 2.45) is 0 Å². The van der Waals surface area contributed by atoms with E-state index in [4.69, 9.17) is 4.74 Å². The number of carbonyl (C=O) groups excluding carboxylic acids is 3. The number of cyclic esters (lactones) is 1. The van der Waals surface area contributed by atoms with Gasteiger partial charge in [0.15, 0.2) is 12.1 Å². The zero-order valence-electron chi connectivity index (χ0n) is 19.8. The summed E-state index contributed by atoms with van der Waals surface area (Å²) in [7, 11) is 0. The molecule has 3 rings (SSSR count). The molecule has 1 fully saturated rings. The fraction of sp³-hybridized carbons (Fsp3) is 0.423. The third-order valence-electron chi connectivity index (χ3n) is 5.80. The highest BCUT2D eigenvalue weighted by molar-refractivity contribution is 5.91. The van der Waals surface area contributed by atoms with Gasteiger partial charge in [0.05, 0.1) is 6.54 Å². The van der Waals surface area contributed by atoms with E-state index in [1.165, 1.54) is 4.90 Å². The molecule has 0 aliphatic carbocycles. The predicted molar refractivity (Wildman–Crippen MR) is 128 cm³/mol. The van der Waals surface area contributed by atoms with E-state index < -0.39 is 18.2 Å². The highest BCUT2D eigenvalue weighted by Crippen LogP contribution is 2.35. The number of aryl methyl sites for hydroxylation is 1. The minimum Gasteiger partial charge on any atom is -0.438 e. The molecule has 7 nitrogen and oxygen atoms in total. The maximum atomic E-state index is 13.3. The first-order chi connectivity index (χ1) is 15.8. The van der Waals surface area contributed by atoms with E-state index in [1.807, 2.05) is 58.0 Å². The van der Waals surface area contributed by atoms with Gasteiger partial charge in [-0.05, 0) is 49.9 Å². The summed E-state index contributed by atoms with van der Waals surface area (Å²) in [5, 5.41) is 5.86. The van der Waals surface area contributed by atoms with Gasteiger partial charge in [-0.1, -0.05) is 55.8 Å². The van der Waals surface area contributed by atoms with Crippen molar-refractivity contribution in [3.05, 3.63) is 65.2 Å². The zero-order chi connectivity index (χ0) is 24.0. The minimum absolute atomic E-state index is 0.0326. The van der Waals surface area contributed by atoms with E-state index in [9.17, 15) is 14.4 Å². The quantitative estimate of drug-likeness (QED) is 0.578. The maximum Gasteiger partial charge on any atom is 0.411 e. The van der Waals surface area contributed by atoms with Crippen molar-refractivity contribution in [1.29, 1.82) is 0 Å². The van der Waals surface area contributed by atoms with Gasteiger partial charge in [-0.25, -0.2) is 4.79 Å². The molecule has 2 aromatic rings. The summed E-state index contributed by atoms with van der Waals surface area (Å²) in [4.78, 5) is 39.7. The van der Waals surface area contributed by atoms with Crippen molar-refractivity contribution in [2.45, 2.75) is 71.7 Å². The lowest BCUT2D eigenvalue weighted by Crippen LogP contribution is -2.48. The van der Waals surface area contributed by atoms with E-state index in [2.05, 4.69) is 10.6 Å². The van der Waals surface area contributed by atoms with Crippen molar-refractivity contribution in [1.82, 2.24) is 10.2 Å². The normalized spacial score (nSPS) is 18.5. The molecule has 3 atom stereocenters. The molecule has 1 aliphatic heterocycles. The summed E-state index contributed by atoms with van der Waals surface area (Å²) in [6.45, 7) is 8.13. The van der Waals surface area contributed by atoms with Crippen LogP contribution in [-0.4, -0.2) is 34.9 Å². The number of benzene rings is 2. The monoisotopic (exact) mass is 451 g/mol. The number of anilines is 1. The zero-order valence-corrected chi connectivity index (χ0v) is 19.8. The number of hydrogen-bond acceptors (Lipinski definition) is 4. The van der Waals surface area contributed by atoms with Gasteiger partial charge in [0.25, 0.3) is 0 Å². The highest BCUT2D eigenvalue weighted by Gasteiger charge is 2.47. The van der Waals surface area contributed by atoms with Gasteiger partial charge >= 0.3 is 6.09 Å². The average Bonchev–Trinajstić information content (AvgIpc) is 3.11. The van der Waals surface area contributed by atoms with Gasteiger partial charge in [-0.3, -0.25) is 14.5 Å². The lowest BCUT2D eigenvalue weighted by molar-refractivity contribution is -0.127. The van der Waals surface area contributed by atoms with Gasteiger partial charge in [0.2, 0.25) is 11.8 Å². The van der Waals surface area contributed by atoms with Gasteiger partial charge < -0.3 is 15.4 Å². The van der Waals surface area contributed by atoms with Crippen molar-refractivity contribution in [2.75, 3.05) is 5.32 Å². The smallest absolute Gasteiger partial charge is 0.411 e. The molecule has 0 aromatic heterocycles. The second-order valence-corrected chi connectivity index (χ2v) is 8.60. The Morgan fingerprint density at radius 2 is 1.85 bits per heavy atom. The number of nitrogens with zero attached hydrogens (tertiary/aromatic N) is 1. The molecule has 1 aliphatic rings. The fourth-order valence-electron chi connectivity index (χ4n) is 3.77. The number of nitrogens with one attached hydrogen (secondary N) is 2. The van der Waals surface area contributed by atoms with Crippen molar-refractivity contribution in [3.8, 4) is 0 Å². The Balaban J connectivity index is 1.90. The fourth-order valence-corrected chi connectivity index (χ4v) is 3.77. The molecule has 1 saturated heterocycles. The van der Waals surface area contributed by atoms with Crippen LogP contribution >= 0.6 is 0 Å². The van der Waals surface area contributed by atoms with Crippen LogP contribution in [0.4, 0.5) is 10.5 Å². The maximum absolute atomic E-state index is 13.3. The van der Waals surface area contributed by atoms with E-state index in [1.54, 1.807) is 18.2 Å². The van der Waals surface area contributed by atoms with Crippen LogP contribution in [0.15, 0.2) is 48.5 Å². The van der Waals surface area contributed by atoms with Crippen LogP contribution in [0.5, 0.6) is 0 Å². The Morgan fingerprint density at radius 3 is 2.52 bits per heavy atom. The number of rotatable bonds is 9. The average molecular weight is 452 g/mol. The Bertz CT molecular complexity index is 989. The SMILES string of the molecule is CCCC(=O)Nc1cccc(C2OC(=O)N(Cc3ccc(C)cc3)C2C(=O)NC(C)CC)c1. The van der Waals surface area contributed by atoms with E-state index in [0.29, 0.717) is 17.7 Å². The molecule has 1 heterocycles. The Hall–Kier alpha value is -3.35. The Morgan fingerprint density at radius 1 is 1.12 bits per heavy atom. The van der Waals surface area contributed by atoms with Crippen LogP contribution < -0.4 is 10.6 Å². The highest BCUT2D eigenvalue weighted by atomic mass is 16.6. The lowest BCUT2D eigenvalue weighted by atomic mass is 9.99. The van der Waals surface area contributed by atoms with Gasteiger partial charge in [0.1, 0.15) is 0 Å². The van der Waals surface area contributed by atoms with Gasteiger partial charge in [0, 0.05) is 18.2 Å². The largest absolute Gasteiger partial charge is 0.438 e. The molecule has 0 radical (unpaired) electrons. The third-order valence-corrected chi connectivity index (χ3v) is 5.80. The number of ether oxygens (including phenoxy) is 1. The standard InChI is InChI=1S/C26H33N3O4/c1-5-8-22(30)28-21-10-7-9-20(15-21)24-23(25(31)27-18(4)6-2)29(26(32)33-24)16-19-13-11-17(3)12-14-19/h7,9-15,18,23-24H,5-6,8,16H2,1-4H3,(H,27,31)(H,28,30). The number of amides is 3. The van der Waals surface area contributed by atoms with E-state index in [0.717, 1.165) is 24.0 Å². The molecule has 2 N–H and O–H groups in total. The van der Waals surface area contributed by atoms with Crippen LogP contribution in [0.25, 0.3) is 0 Å². The van der Waals surface area contributed by atoms with Crippen molar-refractivity contribution >= 4 is 23.6 Å². The first kappa shape index (κ1) is 24.3. The molecule has 3 unspecified atom stereocenters. The predicted octanol–water partition coefficient (Wildman–Crippen LogP) is 4.71. The van der Waals surface area contributed by atoms with Crippen molar-refractivity contribution < 1.29 is 19.1 Å². The molecular weight excluding hydrogens is 418 g/mol. The van der Waals surface area contributed by atoms with Crippen LogP contribution in [0.1, 0.15) is 62.8 Å². The first-order valence-corrected chi connectivity index (χ1v) is 11.5. The third kappa shape index (κ3) is 6.12. The second-order valence-electron chi connectivity index (χ2n) is 8.60. The topological polar surface area (TPSA) is 87.7 Å². The number of carbonyl (C=O) groups is 3. The molecule has 7 heteroatoms. The second kappa shape index (κ2) is 11.0. The lowest BCUT2D eigenvalue weighted by Gasteiger charge is -2.26.